The van der Waals surface area contributed by atoms with Crippen LogP contribution in [0, 0.1) is 5.82 Å². The molecule has 1 aromatic rings. The molecule has 2 rings (SSSR count). The van der Waals surface area contributed by atoms with Gasteiger partial charge >= 0.3 is 0 Å². The van der Waals surface area contributed by atoms with E-state index in [4.69, 9.17) is 4.74 Å². The van der Waals surface area contributed by atoms with Crippen LogP contribution < -0.4 is 5.32 Å². The molecule has 1 aliphatic rings. The summed E-state index contributed by atoms with van der Waals surface area (Å²) in [4.78, 5) is 0. The molecule has 0 bridgehead atoms. The predicted octanol–water partition coefficient (Wildman–Crippen LogP) is 3.09. The monoisotopic (exact) mass is 251 g/mol. The van der Waals surface area contributed by atoms with E-state index >= 15 is 0 Å². The molecule has 2 nitrogen and oxygen atoms in total. The van der Waals surface area contributed by atoms with E-state index in [1.807, 2.05) is 12.1 Å². The number of methoxy groups -OCH3 is 1. The number of unbranched alkanes of at least 4 members (excludes halogenated alkanes) is 1. The van der Waals surface area contributed by atoms with Crippen LogP contribution in [0.2, 0.25) is 0 Å². The fraction of sp³-hybridized carbons (Fsp3) is 0.600. The largest absolute Gasteiger partial charge is 0.385 e. The summed E-state index contributed by atoms with van der Waals surface area (Å²) < 4.78 is 17.8. The molecule has 0 unspecified atom stereocenters. The van der Waals surface area contributed by atoms with E-state index < -0.39 is 0 Å². The standard InChI is InChI=1S/C15H22FNO/c1-18-9-3-2-8-17-15-10-13(11-15)12-4-6-14(16)7-5-12/h4-7,13,15,17H,2-3,8-11H2,1H3. The van der Waals surface area contributed by atoms with Gasteiger partial charge in [0.2, 0.25) is 0 Å². The first-order valence-corrected chi connectivity index (χ1v) is 6.77. The van der Waals surface area contributed by atoms with Crippen LogP contribution in [-0.2, 0) is 4.74 Å². The first-order valence-electron chi connectivity index (χ1n) is 6.77. The number of hydrogen-bond acceptors (Lipinski definition) is 2. The molecule has 18 heavy (non-hydrogen) atoms. The Morgan fingerprint density at radius 3 is 2.61 bits per heavy atom. The highest BCUT2D eigenvalue weighted by atomic mass is 19.1. The van der Waals surface area contributed by atoms with Crippen LogP contribution in [0.25, 0.3) is 0 Å². The van der Waals surface area contributed by atoms with Gasteiger partial charge < -0.3 is 10.1 Å². The second-order valence-corrected chi connectivity index (χ2v) is 5.07. The number of nitrogens with one attached hydrogen (secondary N) is 1. The summed E-state index contributed by atoms with van der Waals surface area (Å²) in [6, 6.07) is 7.58. The van der Waals surface area contributed by atoms with Gasteiger partial charge in [0.15, 0.2) is 0 Å². The van der Waals surface area contributed by atoms with Gasteiger partial charge in [0.05, 0.1) is 0 Å². The number of hydrogen-bond donors (Lipinski definition) is 1. The Kier molecular flexibility index (Phi) is 5.14. The van der Waals surface area contributed by atoms with Crippen LogP contribution >= 0.6 is 0 Å². The van der Waals surface area contributed by atoms with E-state index in [0.717, 1.165) is 19.6 Å². The molecular weight excluding hydrogens is 229 g/mol. The van der Waals surface area contributed by atoms with Gasteiger partial charge in [-0.15, -0.1) is 0 Å². The van der Waals surface area contributed by atoms with Gasteiger partial charge in [0, 0.05) is 19.8 Å². The second-order valence-electron chi connectivity index (χ2n) is 5.07. The van der Waals surface area contributed by atoms with Crippen LogP contribution in [0.4, 0.5) is 4.39 Å². The lowest BCUT2D eigenvalue weighted by molar-refractivity contribution is 0.191. The molecule has 0 amide bonds. The van der Waals surface area contributed by atoms with E-state index in [0.29, 0.717) is 12.0 Å². The summed E-state index contributed by atoms with van der Waals surface area (Å²) in [6.07, 6.45) is 4.65. The molecule has 1 aromatic carbocycles. The Labute approximate surface area is 109 Å². The van der Waals surface area contributed by atoms with Crippen molar-refractivity contribution in [1.82, 2.24) is 5.32 Å². The highest BCUT2D eigenvalue weighted by Gasteiger charge is 2.29. The van der Waals surface area contributed by atoms with Gasteiger partial charge in [0.25, 0.3) is 0 Å². The van der Waals surface area contributed by atoms with Crippen molar-refractivity contribution in [2.24, 2.45) is 0 Å². The van der Waals surface area contributed by atoms with Crippen LogP contribution in [0.3, 0.4) is 0 Å². The van der Waals surface area contributed by atoms with Crippen LogP contribution in [-0.4, -0.2) is 26.3 Å². The van der Waals surface area contributed by atoms with Crippen molar-refractivity contribution in [3.05, 3.63) is 35.6 Å². The molecule has 0 aliphatic heterocycles. The van der Waals surface area contributed by atoms with E-state index in [9.17, 15) is 4.39 Å². The molecule has 0 saturated heterocycles. The second kappa shape index (κ2) is 6.86. The normalized spacial score (nSPS) is 22.8. The summed E-state index contributed by atoms with van der Waals surface area (Å²) in [5.41, 5.74) is 1.27. The molecule has 0 spiro atoms. The number of benzene rings is 1. The van der Waals surface area contributed by atoms with Gasteiger partial charge in [-0.3, -0.25) is 0 Å². The van der Waals surface area contributed by atoms with Gasteiger partial charge in [0.1, 0.15) is 5.82 Å². The fourth-order valence-corrected chi connectivity index (χ4v) is 2.47. The Balaban J connectivity index is 1.60. The molecule has 0 aromatic heterocycles. The topological polar surface area (TPSA) is 21.3 Å². The number of halogens is 1. The highest BCUT2D eigenvalue weighted by molar-refractivity contribution is 5.23. The van der Waals surface area contributed by atoms with E-state index in [1.54, 1.807) is 19.2 Å². The van der Waals surface area contributed by atoms with Crippen molar-refractivity contribution in [1.29, 1.82) is 0 Å². The maximum absolute atomic E-state index is 12.8. The Morgan fingerprint density at radius 1 is 1.22 bits per heavy atom. The Bertz CT molecular complexity index is 346. The first-order chi connectivity index (χ1) is 8.79. The van der Waals surface area contributed by atoms with Crippen LogP contribution in [0.1, 0.15) is 37.2 Å². The summed E-state index contributed by atoms with van der Waals surface area (Å²) >= 11 is 0. The van der Waals surface area contributed by atoms with Crippen molar-refractivity contribution in [3.8, 4) is 0 Å². The summed E-state index contributed by atoms with van der Waals surface area (Å²) in [5, 5.41) is 3.56. The Morgan fingerprint density at radius 2 is 1.94 bits per heavy atom. The van der Waals surface area contributed by atoms with Gasteiger partial charge in [-0.2, -0.15) is 0 Å². The van der Waals surface area contributed by atoms with Crippen LogP contribution in [0.5, 0.6) is 0 Å². The first kappa shape index (κ1) is 13.5. The lowest BCUT2D eigenvalue weighted by atomic mass is 9.76. The molecule has 3 heteroatoms. The lowest BCUT2D eigenvalue weighted by Crippen LogP contribution is -2.40. The highest BCUT2D eigenvalue weighted by Crippen LogP contribution is 2.36. The minimum Gasteiger partial charge on any atom is -0.385 e. The smallest absolute Gasteiger partial charge is 0.123 e. The molecule has 0 radical (unpaired) electrons. The molecule has 0 heterocycles. The van der Waals surface area contributed by atoms with E-state index in [2.05, 4.69) is 5.32 Å². The van der Waals surface area contributed by atoms with Crippen molar-refractivity contribution in [2.75, 3.05) is 20.3 Å². The molecular formula is C15H22FNO. The summed E-state index contributed by atoms with van der Waals surface area (Å²) in [6.45, 7) is 1.93. The zero-order valence-electron chi connectivity index (χ0n) is 11.0. The predicted molar refractivity (Wildman–Crippen MR) is 71.3 cm³/mol. The van der Waals surface area contributed by atoms with Gasteiger partial charge in [-0.25, -0.2) is 4.39 Å². The maximum atomic E-state index is 12.8. The Hall–Kier alpha value is -0.930. The molecule has 1 fully saturated rings. The molecule has 0 atom stereocenters. The summed E-state index contributed by atoms with van der Waals surface area (Å²) in [5.74, 6) is 0.466. The molecule has 1 saturated carbocycles. The minimum absolute atomic E-state index is 0.147. The average Bonchev–Trinajstić information content (AvgIpc) is 2.33. The van der Waals surface area contributed by atoms with Crippen molar-refractivity contribution in [2.45, 2.75) is 37.6 Å². The zero-order chi connectivity index (χ0) is 12.8. The van der Waals surface area contributed by atoms with Gasteiger partial charge in [-0.1, -0.05) is 12.1 Å². The third kappa shape index (κ3) is 3.79. The molecule has 1 aliphatic carbocycles. The number of rotatable bonds is 7. The minimum atomic E-state index is -0.147. The summed E-state index contributed by atoms with van der Waals surface area (Å²) in [7, 11) is 1.74. The molecule has 100 valence electrons. The van der Waals surface area contributed by atoms with Crippen LogP contribution in [0.15, 0.2) is 24.3 Å². The maximum Gasteiger partial charge on any atom is 0.123 e. The van der Waals surface area contributed by atoms with Gasteiger partial charge in [-0.05, 0) is 55.8 Å². The lowest BCUT2D eigenvalue weighted by Gasteiger charge is -2.36. The third-order valence-corrected chi connectivity index (χ3v) is 3.69. The fourth-order valence-electron chi connectivity index (χ4n) is 2.47. The van der Waals surface area contributed by atoms with Crippen molar-refractivity contribution in [3.63, 3.8) is 0 Å². The van der Waals surface area contributed by atoms with E-state index in [1.165, 1.54) is 24.8 Å². The van der Waals surface area contributed by atoms with Crippen molar-refractivity contribution < 1.29 is 9.13 Å². The SMILES string of the molecule is COCCCCNC1CC(c2ccc(F)cc2)C1. The average molecular weight is 251 g/mol. The number of ether oxygens (including phenoxy) is 1. The quantitative estimate of drug-likeness (QED) is 0.752. The third-order valence-electron chi connectivity index (χ3n) is 3.69. The van der Waals surface area contributed by atoms with E-state index in [-0.39, 0.29) is 5.82 Å². The zero-order valence-corrected chi connectivity index (χ0v) is 11.0. The van der Waals surface area contributed by atoms with Crippen molar-refractivity contribution >= 4 is 0 Å². The molecule has 1 N–H and O–H groups in total.